The highest BCUT2D eigenvalue weighted by Gasteiger charge is 2.15. The quantitative estimate of drug-likeness (QED) is 0.502. The standard InChI is InChI=1S/C23H23N3O5/c1-14-22(28)17(16(13-27)11-24-14)12-25-18-9-21(31-3)19(10-20(18)30-2)26-23(29)15-7-5-4-6-8-15/h4-12,27-28H,13H2,1-3H3,(H,26,29). The van der Waals surface area contributed by atoms with Crippen LogP contribution >= 0.6 is 0 Å². The number of pyridine rings is 1. The molecule has 0 radical (unpaired) electrons. The maximum absolute atomic E-state index is 12.5. The van der Waals surface area contributed by atoms with E-state index < -0.39 is 0 Å². The lowest BCUT2D eigenvalue weighted by Crippen LogP contribution is -2.12. The minimum Gasteiger partial charge on any atom is -0.505 e. The fourth-order valence-corrected chi connectivity index (χ4v) is 2.92. The summed E-state index contributed by atoms with van der Waals surface area (Å²) in [5.41, 5.74) is 2.55. The summed E-state index contributed by atoms with van der Waals surface area (Å²) in [4.78, 5) is 21.0. The molecule has 0 aliphatic rings. The van der Waals surface area contributed by atoms with Crippen molar-refractivity contribution in [3.8, 4) is 17.2 Å². The monoisotopic (exact) mass is 421 g/mol. The van der Waals surface area contributed by atoms with Crippen molar-refractivity contribution < 1.29 is 24.5 Å². The molecule has 2 aromatic carbocycles. The van der Waals surface area contributed by atoms with Gasteiger partial charge in [-0.15, -0.1) is 0 Å². The molecule has 0 saturated heterocycles. The molecular formula is C23H23N3O5. The van der Waals surface area contributed by atoms with Crippen LogP contribution in [0.4, 0.5) is 11.4 Å². The first-order chi connectivity index (χ1) is 15.0. The van der Waals surface area contributed by atoms with Crippen molar-refractivity contribution in [2.45, 2.75) is 13.5 Å². The molecule has 3 aromatic rings. The normalized spacial score (nSPS) is 10.8. The number of hydrogen-bond donors (Lipinski definition) is 3. The molecule has 0 aliphatic carbocycles. The number of amides is 1. The maximum atomic E-state index is 12.5. The van der Waals surface area contributed by atoms with E-state index >= 15 is 0 Å². The second-order valence-electron chi connectivity index (χ2n) is 6.59. The van der Waals surface area contributed by atoms with Gasteiger partial charge in [0.25, 0.3) is 5.91 Å². The average molecular weight is 421 g/mol. The van der Waals surface area contributed by atoms with Crippen LogP contribution in [-0.2, 0) is 6.61 Å². The van der Waals surface area contributed by atoms with Gasteiger partial charge in [0.1, 0.15) is 22.9 Å². The Morgan fingerprint density at radius 3 is 2.52 bits per heavy atom. The molecule has 1 aromatic heterocycles. The third kappa shape index (κ3) is 4.81. The van der Waals surface area contributed by atoms with Gasteiger partial charge in [-0.3, -0.25) is 14.8 Å². The fraction of sp³-hybridized carbons (Fsp3) is 0.174. The molecule has 0 atom stereocenters. The molecule has 0 aliphatic heterocycles. The third-order valence-electron chi connectivity index (χ3n) is 4.65. The Balaban J connectivity index is 1.97. The maximum Gasteiger partial charge on any atom is 0.255 e. The van der Waals surface area contributed by atoms with Gasteiger partial charge in [-0.05, 0) is 19.1 Å². The van der Waals surface area contributed by atoms with E-state index in [0.717, 1.165) is 0 Å². The zero-order valence-electron chi connectivity index (χ0n) is 17.4. The fourth-order valence-electron chi connectivity index (χ4n) is 2.92. The van der Waals surface area contributed by atoms with E-state index in [0.29, 0.717) is 45.3 Å². The Morgan fingerprint density at radius 2 is 1.87 bits per heavy atom. The van der Waals surface area contributed by atoms with Crippen molar-refractivity contribution in [3.63, 3.8) is 0 Å². The van der Waals surface area contributed by atoms with Crippen molar-refractivity contribution >= 4 is 23.5 Å². The molecule has 3 N–H and O–H groups in total. The topological polar surface area (TPSA) is 113 Å². The van der Waals surface area contributed by atoms with E-state index in [2.05, 4.69) is 15.3 Å². The van der Waals surface area contributed by atoms with Gasteiger partial charge in [0.15, 0.2) is 0 Å². The highest BCUT2D eigenvalue weighted by atomic mass is 16.5. The molecule has 3 rings (SSSR count). The van der Waals surface area contributed by atoms with E-state index in [4.69, 9.17) is 9.47 Å². The Labute approximate surface area is 179 Å². The van der Waals surface area contributed by atoms with Crippen molar-refractivity contribution in [1.29, 1.82) is 0 Å². The number of nitrogens with zero attached hydrogens (tertiary/aromatic N) is 2. The lowest BCUT2D eigenvalue weighted by Gasteiger charge is -2.14. The predicted octanol–water partition coefficient (Wildman–Crippen LogP) is 3.61. The summed E-state index contributed by atoms with van der Waals surface area (Å²) in [6, 6.07) is 12.0. The van der Waals surface area contributed by atoms with Gasteiger partial charge in [-0.25, -0.2) is 0 Å². The van der Waals surface area contributed by atoms with Crippen LogP contribution in [0.2, 0.25) is 0 Å². The molecule has 0 unspecified atom stereocenters. The molecule has 0 bridgehead atoms. The van der Waals surface area contributed by atoms with Crippen molar-refractivity contribution in [2.24, 2.45) is 4.99 Å². The van der Waals surface area contributed by atoms with Crippen molar-refractivity contribution in [1.82, 2.24) is 4.98 Å². The van der Waals surface area contributed by atoms with E-state index in [1.807, 2.05) is 6.07 Å². The van der Waals surface area contributed by atoms with E-state index in [9.17, 15) is 15.0 Å². The summed E-state index contributed by atoms with van der Waals surface area (Å²) in [6.45, 7) is 1.36. The largest absolute Gasteiger partial charge is 0.505 e. The number of aliphatic hydroxyl groups is 1. The van der Waals surface area contributed by atoms with Crippen molar-refractivity contribution in [2.75, 3.05) is 19.5 Å². The first-order valence-electron chi connectivity index (χ1n) is 9.43. The Hall–Kier alpha value is -3.91. The molecule has 0 spiro atoms. The number of aromatic nitrogens is 1. The molecule has 8 heteroatoms. The highest BCUT2D eigenvalue weighted by molar-refractivity contribution is 6.05. The molecule has 1 amide bonds. The number of anilines is 1. The molecule has 0 saturated carbocycles. The van der Waals surface area contributed by atoms with E-state index in [1.54, 1.807) is 43.3 Å². The summed E-state index contributed by atoms with van der Waals surface area (Å²) in [6.07, 6.45) is 2.91. The first kappa shape index (κ1) is 21.8. The highest BCUT2D eigenvalue weighted by Crippen LogP contribution is 2.38. The molecule has 31 heavy (non-hydrogen) atoms. The number of benzene rings is 2. The van der Waals surface area contributed by atoms with Crippen LogP contribution < -0.4 is 14.8 Å². The second-order valence-corrected chi connectivity index (χ2v) is 6.59. The van der Waals surface area contributed by atoms with Crippen LogP contribution in [0.5, 0.6) is 17.2 Å². The number of ether oxygens (including phenoxy) is 2. The number of aromatic hydroxyl groups is 1. The summed E-state index contributed by atoms with van der Waals surface area (Å²) in [5, 5.41) is 22.6. The number of aliphatic imine (C=N–C) groups is 1. The number of carbonyl (C=O) groups excluding carboxylic acids is 1. The summed E-state index contributed by atoms with van der Waals surface area (Å²) >= 11 is 0. The molecule has 160 valence electrons. The van der Waals surface area contributed by atoms with Gasteiger partial charge < -0.3 is 25.0 Å². The van der Waals surface area contributed by atoms with Gasteiger partial charge in [0, 0.05) is 41.2 Å². The zero-order chi connectivity index (χ0) is 22.4. The van der Waals surface area contributed by atoms with Crippen LogP contribution in [-0.4, -0.2) is 41.5 Å². The lowest BCUT2D eigenvalue weighted by atomic mass is 10.1. The van der Waals surface area contributed by atoms with E-state index in [1.165, 1.54) is 26.6 Å². The number of aryl methyl sites for hydroxylation is 1. The number of hydrogen-bond acceptors (Lipinski definition) is 7. The van der Waals surface area contributed by atoms with Crippen LogP contribution in [0, 0.1) is 6.92 Å². The minimum absolute atomic E-state index is 0.0621. The van der Waals surface area contributed by atoms with Crippen LogP contribution in [0.3, 0.4) is 0 Å². The molecular weight excluding hydrogens is 398 g/mol. The predicted molar refractivity (Wildman–Crippen MR) is 118 cm³/mol. The summed E-state index contributed by atoms with van der Waals surface area (Å²) in [5.74, 6) is 0.418. The molecule has 1 heterocycles. The summed E-state index contributed by atoms with van der Waals surface area (Å²) in [7, 11) is 2.96. The van der Waals surface area contributed by atoms with Crippen LogP contribution in [0.15, 0.2) is 53.7 Å². The number of nitrogens with one attached hydrogen (secondary N) is 1. The lowest BCUT2D eigenvalue weighted by molar-refractivity contribution is 0.102. The van der Waals surface area contributed by atoms with Crippen LogP contribution in [0.25, 0.3) is 0 Å². The van der Waals surface area contributed by atoms with E-state index in [-0.39, 0.29) is 18.3 Å². The molecule has 8 nitrogen and oxygen atoms in total. The van der Waals surface area contributed by atoms with Crippen LogP contribution in [0.1, 0.15) is 27.2 Å². The van der Waals surface area contributed by atoms with Gasteiger partial charge in [-0.1, -0.05) is 18.2 Å². The van der Waals surface area contributed by atoms with Gasteiger partial charge in [-0.2, -0.15) is 0 Å². The SMILES string of the molecule is COc1cc(NC(=O)c2ccccc2)c(OC)cc1N=Cc1c(CO)cnc(C)c1O. The second kappa shape index (κ2) is 9.73. The van der Waals surface area contributed by atoms with Gasteiger partial charge in [0.05, 0.1) is 32.2 Å². The van der Waals surface area contributed by atoms with Gasteiger partial charge >= 0.3 is 0 Å². The average Bonchev–Trinajstić information content (AvgIpc) is 2.80. The van der Waals surface area contributed by atoms with Crippen molar-refractivity contribution in [3.05, 3.63) is 71.0 Å². The first-order valence-corrected chi connectivity index (χ1v) is 9.43. The Bertz CT molecular complexity index is 1110. The Morgan fingerprint density at radius 1 is 1.16 bits per heavy atom. The Kier molecular flexibility index (Phi) is 6.84. The third-order valence-corrected chi connectivity index (χ3v) is 4.65. The zero-order valence-corrected chi connectivity index (χ0v) is 17.4. The van der Waals surface area contributed by atoms with Gasteiger partial charge in [0.2, 0.25) is 0 Å². The number of aliphatic hydroxyl groups excluding tert-OH is 1. The number of methoxy groups -OCH3 is 2. The minimum atomic E-state index is -0.299. The molecule has 0 fully saturated rings. The number of rotatable bonds is 7. The number of carbonyl (C=O) groups is 1. The summed E-state index contributed by atoms with van der Waals surface area (Å²) < 4.78 is 10.8. The smallest absolute Gasteiger partial charge is 0.255 e.